The Kier molecular flexibility index (Phi) is 7.40. The number of esters is 1. The van der Waals surface area contributed by atoms with Gasteiger partial charge in [0.2, 0.25) is 5.75 Å². The second-order valence-electron chi connectivity index (χ2n) is 8.37. The van der Waals surface area contributed by atoms with Crippen molar-refractivity contribution in [1.29, 1.82) is 0 Å². The standard InChI is InChI=1S/C24H28ClN3O4/c1-16(29)32-20-10-6-9-19(30-5)22(20)31-13-7-8-17-15-28(27-23(17)24(2,3)4)21-12-11-18(25)14-26-21/h6,9-12,14-15H,7-8,13H2,1-5H3. The number of hydrogen-bond acceptors (Lipinski definition) is 6. The van der Waals surface area contributed by atoms with Crippen LogP contribution in [0.2, 0.25) is 5.02 Å². The fraction of sp³-hybridized carbons (Fsp3) is 0.375. The molecule has 8 heteroatoms. The van der Waals surface area contributed by atoms with E-state index in [1.807, 2.05) is 12.3 Å². The van der Waals surface area contributed by atoms with Gasteiger partial charge in [0.15, 0.2) is 17.3 Å². The molecule has 0 aliphatic heterocycles. The molecule has 0 atom stereocenters. The third-order valence-electron chi connectivity index (χ3n) is 4.70. The molecule has 0 saturated carbocycles. The molecule has 3 aromatic rings. The zero-order valence-corrected chi connectivity index (χ0v) is 19.8. The van der Waals surface area contributed by atoms with E-state index in [1.54, 1.807) is 42.3 Å². The first kappa shape index (κ1) is 23.6. The maximum atomic E-state index is 11.4. The third kappa shape index (κ3) is 5.79. The Labute approximate surface area is 193 Å². The average Bonchev–Trinajstić information content (AvgIpc) is 3.16. The summed E-state index contributed by atoms with van der Waals surface area (Å²) < 4.78 is 18.4. The molecule has 7 nitrogen and oxygen atoms in total. The quantitative estimate of drug-likeness (QED) is 0.264. The molecule has 0 aliphatic rings. The van der Waals surface area contributed by atoms with Crippen molar-refractivity contribution in [2.45, 2.75) is 46.0 Å². The van der Waals surface area contributed by atoms with Crippen molar-refractivity contribution in [3.05, 3.63) is 59.0 Å². The lowest BCUT2D eigenvalue weighted by Gasteiger charge is -2.18. The van der Waals surface area contributed by atoms with Crippen LogP contribution in [0.3, 0.4) is 0 Å². The van der Waals surface area contributed by atoms with Crippen LogP contribution in [-0.2, 0) is 16.6 Å². The molecule has 0 radical (unpaired) electrons. The summed E-state index contributed by atoms with van der Waals surface area (Å²) in [7, 11) is 1.55. The minimum absolute atomic E-state index is 0.126. The van der Waals surface area contributed by atoms with Crippen molar-refractivity contribution in [1.82, 2.24) is 14.8 Å². The van der Waals surface area contributed by atoms with Gasteiger partial charge in [-0.1, -0.05) is 38.4 Å². The van der Waals surface area contributed by atoms with E-state index in [9.17, 15) is 4.79 Å². The number of hydrogen-bond donors (Lipinski definition) is 0. The molecule has 0 saturated heterocycles. The summed E-state index contributed by atoms with van der Waals surface area (Å²) in [6.45, 7) is 8.17. The van der Waals surface area contributed by atoms with Crippen LogP contribution in [0, 0.1) is 0 Å². The number of rotatable bonds is 8. The molecule has 0 spiro atoms. The highest BCUT2D eigenvalue weighted by molar-refractivity contribution is 6.30. The molecule has 170 valence electrons. The monoisotopic (exact) mass is 457 g/mol. The highest BCUT2D eigenvalue weighted by Gasteiger charge is 2.23. The van der Waals surface area contributed by atoms with Crippen LogP contribution in [0.5, 0.6) is 17.2 Å². The molecule has 2 heterocycles. The van der Waals surface area contributed by atoms with Crippen LogP contribution in [0.1, 0.15) is 45.4 Å². The van der Waals surface area contributed by atoms with Gasteiger partial charge in [-0.05, 0) is 42.7 Å². The Morgan fingerprint density at radius 3 is 2.53 bits per heavy atom. The molecule has 3 rings (SSSR count). The van der Waals surface area contributed by atoms with Crippen LogP contribution >= 0.6 is 11.6 Å². The zero-order chi connectivity index (χ0) is 23.3. The van der Waals surface area contributed by atoms with Crippen molar-refractivity contribution < 1.29 is 19.0 Å². The van der Waals surface area contributed by atoms with E-state index in [1.165, 1.54) is 6.92 Å². The molecule has 0 fully saturated rings. The Balaban J connectivity index is 1.74. The smallest absolute Gasteiger partial charge is 0.308 e. The van der Waals surface area contributed by atoms with Crippen molar-refractivity contribution in [3.63, 3.8) is 0 Å². The number of halogens is 1. The number of nitrogens with zero attached hydrogens (tertiary/aromatic N) is 3. The Morgan fingerprint density at radius 1 is 1.16 bits per heavy atom. The first-order valence-corrected chi connectivity index (χ1v) is 10.8. The molecular weight excluding hydrogens is 430 g/mol. The number of para-hydroxylation sites is 1. The molecule has 2 aromatic heterocycles. The van der Waals surface area contributed by atoms with Gasteiger partial charge >= 0.3 is 5.97 Å². The second-order valence-corrected chi connectivity index (χ2v) is 8.80. The number of aryl methyl sites for hydroxylation is 1. The van der Waals surface area contributed by atoms with E-state index in [2.05, 4.69) is 25.8 Å². The number of carbonyl (C=O) groups is 1. The molecular formula is C24H28ClN3O4. The molecule has 0 amide bonds. The fourth-order valence-electron chi connectivity index (χ4n) is 3.32. The van der Waals surface area contributed by atoms with Gasteiger partial charge in [0.05, 0.1) is 24.4 Å². The third-order valence-corrected chi connectivity index (χ3v) is 4.92. The lowest BCUT2D eigenvalue weighted by atomic mass is 9.88. The highest BCUT2D eigenvalue weighted by Crippen LogP contribution is 2.37. The zero-order valence-electron chi connectivity index (χ0n) is 19.0. The first-order valence-electron chi connectivity index (χ1n) is 10.4. The Bertz CT molecular complexity index is 1070. The summed E-state index contributed by atoms with van der Waals surface area (Å²) in [6, 6.07) is 8.83. The largest absolute Gasteiger partial charge is 0.493 e. The molecule has 0 unspecified atom stereocenters. The van der Waals surface area contributed by atoms with Gasteiger partial charge in [-0.25, -0.2) is 9.67 Å². The topological polar surface area (TPSA) is 75.5 Å². The summed E-state index contributed by atoms with van der Waals surface area (Å²) in [5.41, 5.74) is 2.00. The number of methoxy groups -OCH3 is 1. The van der Waals surface area contributed by atoms with Crippen molar-refractivity contribution in [2.75, 3.05) is 13.7 Å². The summed E-state index contributed by atoms with van der Waals surface area (Å²) in [4.78, 5) is 15.8. The van der Waals surface area contributed by atoms with Gasteiger partial charge < -0.3 is 14.2 Å². The van der Waals surface area contributed by atoms with E-state index in [0.717, 1.165) is 24.1 Å². The lowest BCUT2D eigenvalue weighted by Crippen LogP contribution is -2.15. The van der Waals surface area contributed by atoms with E-state index < -0.39 is 5.97 Å². The predicted octanol–water partition coefficient (Wildman–Crippen LogP) is 5.16. The number of carbonyl (C=O) groups excluding carboxylic acids is 1. The number of pyridine rings is 1. The summed E-state index contributed by atoms with van der Waals surface area (Å²) in [5.74, 6) is 1.57. The highest BCUT2D eigenvalue weighted by atomic mass is 35.5. The normalized spacial score (nSPS) is 11.3. The van der Waals surface area contributed by atoms with Gasteiger partial charge in [-0.15, -0.1) is 0 Å². The van der Waals surface area contributed by atoms with Gasteiger partial charge in [0.25, 0.3) is 0 Å². The van der Waals surface area contributed by atoms with Crippen molar-refractivity contribution in [3.8, 4) is 23.1 Å². The van der Waals surface area contributed by atoms with E-state index in [4.69, 9.17) is 30.9 Å². The van der Waals surface area contributed by atoms with E-state index in [0.29, 0.717) is 34.7 Å². The summed E-state index contributed by atoms with van der Waals surface area (Å²) >= 11 is 5.96. The van der Waals surface area contributed by atoms with Crippen LogP contribution in [-0.4, -0.2) is 34.5 Å². The van der Waals surface area contributed by atoms with E-state index >= 15 is 0 Å². The van der Waals surface area contributed by atoms with Gasteiger partial charge in [-0.2, -0.15) is 5.10 Å². The van der Waals surface area contributed by atoms with Gasteiger partial charge in [0.1, 0.15) is 0 Å². The Morgan fingerprint density at radius 2 is 1.91 bits per heavy atom. The van der Waals surface area contributed by atoms with Crippen LogP contribution in [0.4, 0.5) is 0 Å². The van der Waals surface area contributed by atoms with Crippen molar-refractivity contribution >= 4 is 17.6 Å². The molecule has 0 aliphatic carbocycles. The first-order chi connectivity index (χ1) is 15.2. The fourth-order valence-corrected chi connectivity index (χ4v) is 3.43. The molecule has 0 N–H and O–H groups in total. The second kappa shape index (κ2) is 10.0. The van der Waals surface area contributed by atoms with Gasteiger partial charge in [0, 0.05) is 24.7 Å². The van der Waals surface area contributed by atoms with Crippen LogP contribution < -0.4 is 14.2 Å². The Hall–Kier alpha value is -3.06. The maximum absolute atomic E-state index is 11.4. The minimum atomic E-state index is -0.416. The number of benzene rings is 1. The predicted molar refractivity (Wildman–Crippen MR) is 123 cm³/mol. The minimum Gasteiger partial charge on any atom is -0.493 e. The van der Waals surface area contributed by atoms with Crippen LogP contribution in [0.15, 0.2) is 42.7 Å². The summed E-state index contributed by atoms with van der Waals surface area (Å²) in [5, 5.41) is 5.37. The number of ether oxygens (including phenoxy) is 3. The maximum Gasteiger partial charge on any atom is 0.308 e. The summed E-state index contributed by atoms with van der Waals surface area (Å²) in [6.07, 6.45) is 5.11. The SMILES string of the molecule is COc1cccc(OC(C)=O)c1OCCCc1cn(-c2ccc(Cl)cn2)nc1C(C)(C)C. The van der Waals surface area contributed by atoms with E-state index in [-0.39, 0.29) is 5.41 Å². The van der Waals surface area contributed by atoms with Crippen LogP contribution in [0.25, 0.3) is 5.82 Å². The van der Waals surface area contributed by atoms with Gasteiger partial charge in [-0.3, -0.25) is 4.79 Å². The average molecular weight is 458 g/mol. The number of aromatic nitrogens is 3. The molecule has 0 bridgehead atoms. The molecule has 32 heavy (non-hydrogen) atoms. The molecule has 1 aromatic carbocycles. The van der Waals surface area contributed by atoms with Crippen molar-refractivity contribution in [2.24, 2.45) is 0 Å². The lowest BCUT2D eigenvalue weighted by molar-refractivity contribution is -0.132.